The molecule has 0 atom stereocenters. The largest absolute Gasteiger partial charge is 0.478 e. The van der Waals surface area contributed by atoms with Gasteiger partial charge < -0.3 is 10.4 Å². The highest BCUT2D eigenvalue weighted by molar-refractivity contribution is 5.91. The maximum absolute atomic E-state index is 13.5. The monoisotopic (exact) mass is 277 g/mol. The van der Waals surface area contributed by atoms with Gasteiger partial charge in [-0.05, 0) is 18.2 Å². The van der Waals surface area contributed by atoms with Gasteiger partial charge in [0.15, 0.2) is 0 Å². The van der Waals surface area contributed by atoms with E-state index in [0.717, 1.165) is 6.07 Å². The van der Waals surface area contributed by atoms with Gasteiger partial charge in [-0.1, -0.05) is 0 Å². The molecule has 0 saturated heterocycles. The Morgan fingerprint density at radius 2 is 2.20 bits per heavy atom. The van der Waals surface area contributed by atoms with E-state index in [9.17, 15) is 19.3 Å². The van der Waals surface area contributed by atoms with Gasteiger partial charge in [0.05, 0.1) is 28.4 Å². The van der Waals surface area contributed by atoms with Crippen LogP contribution in [0, 0.1) is 15.9 Å². The molecule has 0 bridgehead atoms. The molecule has 7 nitrogen and oxygen atoms in total. The molecule has 1 aromatic carbocycles. The minimum Gasteiger partial charge on any atom is -0.478 e. The Labute approximate surface area is 111 Å². The van der Waals surface area contributed by atoms with Gasteiger partial charge in [0.25, 0.3) is 5.69 Å². The van der Waals surface area contributed by atoms with Gasteiger partial charge in [0, 0.05) is 6.20 Å². The summed E-state index contributed by atoms with van der Waals surface area (Å²) in [5.74, 6) is -2.67. The van der Waals surface area contributed by atoms with Crippen molar-refractivity contribution in [3.63, 3.8) is 0 Å². The van der Waals surface area contributed by atoms with Gasteiger partial charge >= 0.3 is 5.97 Å². The third-order valence-corrected chi connectivity index (χ3v) is 2.45. The highest BCUT2D eigenvalue weighted by Gasteiger charge is 2.21. The molecular weight excluding hydrogens is 269 g/mol. The lowest BCUT2D eigenvalue weighted by Crippen LogP contribution is -2.05. The molecule has 2 aromatic rings. The summed E-state index contributed by atoms with van der Waals surface area (Å²) >= 11 is 0. The Hall–Kier alpha value is -3.03. The number of benzene rings is 1. The summed E-state index contributed by atoms with van der Waals surface area (Å²) in [6, 6.07) is 4.63. The second-order valence-electron chi connectivity index (χ2n) is 3.78. The molecule has 20 heavy (non-hydrogen) atoms. The number of nitrogens with zero attached hydrogens (tertiary/aromatic N) is 2. The number of rotatable bonds is 4. The van der Waals surface area contributed by atoms with Crippen LogP contribution in [-0.2, 0) is 0 Å². The second-order valence-corrected chi connectivity index (χ2v) is 3.78. The normalized spacial score (nSPS) is 10.1. The lowest BCUT2D eigenvalue weighted by Gasteiger charge is -2.08. The number of aromatic nitrogens is 1. The van der Waals surface area contributed by atoms with E-state index in [0.29, 0.717) is 11.8 Å². The zero-order chi connectivity index (χ0) is 14.7. The van der Waals surface area contributed by atoms with Crippen LogP contribution in [0.25, 0.3) is 0 Å². The van der Waals surface area contributed by atoms with Crippen LogP contribution in [0.15, 0.2) is 36.7 Å². The molecule has 0 unspecified atom stereocenters. The number of hydrogen-bond acceptors (Lipinski definition) is 5. The predicted octanol–water partition coefficient (Wildman–Crippen LogP) is 2.57. The van der Waals surface area contributed by atoms with E-state index in [2.05, 4.69) is 10.3 Å². The van der Waals surface area contributed by atoms with Gasteiger partial charge in [-0.2, -0.15) is 0 Å². The predicted molar refractivity (Wildman–Crippen MR) is 67.5 cm³/mol. The number of hydrogen-bond donors (Lipinski definition) is 2. The van der Waals surface area contributed by atoms with E-state index in [4.69, 9.17) is 5.11 Å². The molecule has 0 aliphatic carbocycles. The van der Waals surface area contributed by atoms with Gasteiger partial charge in [-0.15, -0.1) is 0 Å². The van der Waals surface area contributed by atoms with Crippen molar-refractivity contribution in [1.82, 2.24) is 4.98 Å². The number of nitrogens with one attached hydrogen (secondary N) is 1. The topological polar surface area (TPSA) is 105 Å². The van der Waals surface area contributed by atoms with E-state index in [-0.39, 0.29) is 5.69 Å². The first-order valence-corrected chi connectivity index (χ1v) is 5.37. The van der Waals surface area contributed by atoms with Crippen molar-refractivity contribution in [2.24, 2.45) is 0 Å². The summed E-state index contributed by atoms with van der Waals surface area (Å²) in [5, 5.41) is 22.4. The van der Waals surface area contributed by atoms with Gasteiger partial charge in [-0.25, -0.2) is 9.18 Å². The zero-order valence-electron chi connectivity index (χ0n) is 9.91. The lowest BCUT2D eigenvalue weighted by atomic mass is 10.1. The van der Waals surface area contributed by atoms with E-state index >= 15 is 0 Å². The average molecular weight is 277 g/mol. The molecule has 0 saturated carbocycles. The van der Waals surface area contributed by atoms with Crippen LogP contribution in [0.4, 0.5) is 21.5 Å². The van der Waals surface area contributed by atoms with Crippen LogP contribution >= 0.6 is 0 Å². The number of aromatic carboxylic acids is 1. The first-order valence-electron chi connectivity index (χ1n) is 5.37. The maximum Gasteiger partial charge on any atom is 0.338 e. The molecular formula is C12H8FN3O4. The third-order valence-electron chi connectivity index (χ3n) is 2.45. The summed E-state index contributed by atoms with van der Waals surface area (Å²) in [6.07, 6.45) is 2.90. The smallest absolute Gasteiger partial charge is 0.338 e. The number of carbonyl (C=O) groups is 1. The van der Waals surface area contributed by atoms with Gasteiger partial charge in [-0.3, -0.25) is 15.1 Å². The fourth-order valence-electron chi connectivity index (χ4n) is 1.57. The number of anilines is 2. The highest BCUT2D eigenvalue weighted by Crippen LogP contribution is 2.30. The minimum absolute atomic E-state index is 0.123. The van der Waals surface area contributed by atoms with Crippen LogP contribution in [-0.4, -0.2) is 21.0 Å². The first kappa shape index (κ1) is 13.4. The molecule has 0 aliphatic rings. The molecule has 0 spiro atoms. The number of nitro groups is 1. The van der Waals surface area contributed by atoms with E-state index < -0.39 is 28.0 Å². The second kappa shape index (κ2) is 5.31. The molecule has 8 heteroatoms. The van der Waals surface area contributed by atoms with Crippen molar-refractivity contribution in [3.05, 3.63) is 58.2 Å². The standard InChI is InChI=1S/C12H8FN3O4/c13-9-5-11(16(19)20)10(4-8(9)12(17)18)15-7-2-1-3-14-6-7/h1-6,15H,(H,17,18). The van der Waals surface area contributed by atoms with Crippen molar-refractivity contribution in [2.45, 2.75) is 0 Å². The Balaban J connectivity index is 2.51. The van der Waals surface area contributed by atoms with Crippen molar-refractivity contribution in [1.29, 1.82) is 0 Å². The summed E-state index contributed by atoms with van der Waals surface area (Å²) in [7, 11) is 0. The number of pyridine rings is 1. The Morgan fingerprint density at radius 3 is 2.75 bits per heavy atom. The van der Waals surface area contributed by atoms with Crippen molar-refractivity contribution >= 4 is 23.0 Å². The lowest BCUT2D eigenvalue weighted by molar-refractivity contribution is -0.384. The zero-order valence-corrected chi connectivity index (χ0v) is 9.91. The number of carboxylic acid groups (broad SMARTS) is 1. The molecule has 2 rings (SSSR count). The number of nitro benzene ring substituents is 1. The molecule has 1 aromatic heterocycles. The van der Waals surface area contributed by atoms with E-state index in [1.807, 2.05) is 0 Å². The van der Waals surface area contributed by atoms with E-state index in [1.165, 1.54) is 12.4 Å². The average Bonchev–Trinajstić information content (AvgIpc) is 2.41. The van der Waals surface area contributed by atoms with Crippen LogP contribution in [0.1, 0.15) is 10.4 Å². The van der Waals surface area contributed by atoms with Gasteiger partial charge in [0.2, 0.25) is 0 Å². The molecule has 1 heterocycles. The number of carboxylic acids is 1. The minimum atomic E-state index is -1.51. The molecule has 0 amide bonds. The Morgan fingerprint density at radius 1 is 1.45 bits per heavy atom. The third kappa shape index (κ3) is 2.69. The number of halogens is 1. The van der Waals surface area contributed by atoms with E-state index in [1.54, 1.807) is 12.1 Å². The first-order chi connectivity index (χ1) is 9.49. The van der Waals surface area contributed by atoms with Crippen molar-refractivity contribution < 1.29 is 19.2 Å². The van der Waals surface area contributed by atoms with Crippen LogP contribution in [0.5, 0.6) is 0 Å². The van der Waals surface area contributed by atoms with Crippen LogP contribution in [0.2, 0.25) is 0 Å². The quantitative estimate of drug-likeness (QED) is 0.657. The fraction of sp³-hybridized carbons (Fsp3) is 0. The summed E-state index contributed by atoms with van der Waals surface area (Å²) in [4.78, 5) is 24.7. The molecule has 102 valence electrons. The molecule has 0 fully saturated rings. The maximum atomic E-state index is 13.5. The van der Waals surface area contributed by atoms with Crippen molar-refractivity contribution in [2.75, 3.05) is 5.32 Å². The summed E-state index contributed by atoms with van der Waals surface area (Å²) in [6.45, 7) is 0. The van der Waals surface area contributed by atoms with Crippen molar-refractivity contribution in [3.8, 4) is 0 Å². The SMILES string of the molecule is O=C(O)c1cc(Nc2cccnc2)c([N+](=O)[O-])cc1F. The Kier molecular flexibility index (Phi) is 3.56. The summed E-state index contributed by atoms with van der Waals surface area (Å²) < 4.78 is 13.5. The van der Waals surface area contributed by atoms with Crippen LogP contribution < -0.4 is 5.32 Å². The molecule has 0 radical (unpaired) electrons. The Bertz CT molecular complexity index is 676. The molecule has 0 aliphatic heterocycles. The van der Waals surface area contributed by atoms with Crippen LogP contribution in [0.3, 0.4) is 0 Å². The van der Waals surface area contributed by atoms with Gasteiger partial charge in [0.1, 0.15) is 11.5 Å². The highest BCUT2D eigenvalue weighted by atomic mass is 19.1. The fourth-order valence-corrected chi connectivity index (χ4v) is 1.57. The molecule has 2 N–H and O–H groups in total. The summed E-state index contributed by atoms with van der Waals surface area (Å²) in [5.41, 5.74) is -0.918.